The van der Waals surface area contributed by atoms with Gasteiger partial charge >= 0.3 is 78.8 Å². The minimum Gasteiger partial charge on any atom is -0.465 e. The number of hydrogen-bond donors (Lipinski definition) is 7. The smallest absolute Gasteiger partial charge is 0.397 e. The first kappa shape index (κ1) is 87.0. The fourth-order valence-corrected chi connectivity index (χ4v) is 20.9. The molecule has 7 rings (SSSR count). The molecule has 0 aromatic rings. The molecule has 0 unspecified atom stereocenters. The number of ether oxygens (including phenoxy) is 5. The highest BCUT2D eigenvalue weighted by atomic mass is 32.3. The first-order valence-electron chi connectivity index (χ1n) is 34.3. The molecule has 2 heterocycles. The molecule has 0 radical (unpaired) electrons. The Bertz CT molecular complexity index is 3780. The highest BCUT2D eigenvalue weighted by Gasteiger charge is 2.71. The minimum absolute atomic E-state index is 0.0678. The van der Waals surface area contributed by atoms with Crippen LogP contribution >= 0.6 is 0 Å². The van der Waals surface area contributed by atoms with Gasteiger partial charge in [-0.2, -0.15) is 58.9 Å². The summed E-state index contributed by atoms with van der Waals surface area (Å²) in [7, 11) is -42.1. The third kappa shape index (κ3) is 22.5. The summed E-state index contributed by atoms with van der Waals surface area (Å²) in [6.45, 7) is 12.9. The molecule has 0 aromatic carbocycles. The summed E-state index contributed by atoms with van der Waals surface area (Å²) in [4.78, 5) is 29.7. The van der Waals surface area contributed by atoms with E-state index >= 15 is 4.79 Å². The molecular weight excluding hydrogens is 1510 g/mol. The van der Waals surface area contributed by atoms with Crippen molar-refractivity contribution in [3.8, 4) is 0 Å². The molecular formula is C60H102O35S7. The van der Waals surface area contributed by atoms with Gasteiger partial charge in [-0.15, -0.1) is 0 Å². The molecule has 102 heavy (non-hydrogen) atoms. The third-order valence-electron chi connectivity index (χ3n) is 22.9. The zero-order valence-corrected chi connectivity index (χ0v) is 64.1. The second-order valence-electron chi connectivity index (χ2n) is 30.2. The lowest BCUT2D eigenvalue weighted by atomic mass is 9.33. The summed E-state index contributed by atoms with van der Waals surface area (Å²) in [5, 5.41) is 0. The van der Waals surface area contributed by atoms with Crippen molar-refractivity contribution in [2.75, 3.05) is 19.8 Å². The highest BCUT2D eigenvalue weighted by Crippen LogP contribution is 2.75. The van der Waals surface area contributed by atoms with Crippen molar-refractivity contribution in [1.29, 1.82) is 0 Å². The highest BCUT2D eigenvalue weighted by molar-refractivity contribution is 7.82. The molecule has 0 spiro atoms. The lowest BCUT2D eigenvalue weighted by Gasteiger charge is -2.70. The fourth-order valence-electron chi connectivity index (χ4n) is 17.8. The molecule has 4 saturated carbocycles. The number of fused-ring (bicyclic) bond motifs is 7. The summed E-state index contributed by atoms with van der Waals surface area (Å²) >= 11 is 0. The quantitative estimate of drug-likeness (QED) is 0.0135. The SMILES string of the molecule is CCCCCCCCCCCCCCCCCCOC(=O)[C@@]1(C)CC[C@]2(C)CC[C@]3(C)C(=CC(=O)[C@@H]4[C@@]5(C)CC[C@H](O[C@@H]6O[C@H](COS(=O)(=O)O)[C@@H](O[C@@H]7O[C@H](COS(=O)(=O)O)[C@H](OS(=O)(=O)O)[C@H](OS(=O)(=O)O)[C@H]7OS(=O)(=O)O)[C@H](OS(=O)(=O)O)[C@H]6OS(=O)(=O)O)C(C)(C)[C@@H]5CC[C@]43C)[C@@H]2C1. The van der Waals surface area contributed by atoms with Crippen LogP contribution in [0.1, 0.15) is 216 Å². The van der Waals surface area contributed by atoms with E-state index in [1.807, 2.05) is 13.8 Å². The third-order valence-corrected chi connectivity index (χ3v) is 26.1. The minimum atomic E-state index is -6.20. The van der Waals surface area contributed by atoms with E-state index in [1.54, 1.807) is 19.9 Å². The van der Waals surface area contributed by atoms with Crippen LogP contribution in [0.25, 0.3) is 0 Å². The summed E-state index contributed by atoms with van der Waals surface area (Å²) in [5.41, 5.74) is -3.38. The standard InChI is InChI=1S/C60H102O35S7/c1-9-10-11-12-13-14-15-16-17-18-19-20-21-22-23-24-33-84-54(62)57(5)30-29-56(4)31-32-59(7)38(39(56)35-57)34-40(61)51-58(6)27-26-44(55(2,3)43(58)25-28-60(51,59)8)89-52-49(94-101(78,79)80)47(92-99(72,73)74)45(41(87-52)36-85-96(63,64)65)90-53-50(95-102(81,82)83)48(93-100(75,76)77)46(91-98(69,70)71)42(88-53)37-86-97(66,67)68/h34,39,41-53H,9-33,35-37H2,1-8H3,(H,63,64,65)(H,66,67,68)(H,69,70,71)(H,72,73,74)(H,75,76,77)(H,78,79,80)(H,81,82,83)/t39-,41+,42+,43-,44-,45+,46-,47-,48-,49+,50+,51+,52-,53-,56+,57-,58-,59+,60+/m0/s1. The van der Waals surface area contributed by atoms with Crippen LogP contribution in [-0.4, -0.2) is 190 Å². The van der Waals surface area contributed by atoms with Gasteiger partial charge in [0.05, 0.1) is 31.3 Å². The zero-order chi connectivity index (χ0) is 76.3. The molecule has 0 aromatic heterocycles. The lowest BCUT2D eigenvalue weighted by Crippen LogP contribution is -2.68. The maximum Gasteiger partial charge on any atom is 0.397 e. The summed E-state index contributed by atoms with van der Waals surface area (Å²) in [5.74, 6) is -1.68. The molecule has 2 aliphatic heterocycles. The van der Waals surface area contributed by atoms with Crippen LogP contribution in [0.2, 0.25) is 0 Å². The fraction of sp³-hybridized carbons (Fsp3) is 0.933. The molecule has 6 fully saturated rings. The van der Waals surface area contributed by atoms with Gasteiger partial charge < -0.3 is 23.7 Å². The van der Waals surface area contributed by atoms with Crippen LogP contribution in [0.5, 0.6) is 0 Å². The van der Waals surface area contributed by atoms with Crippen molar-refractivity contribution in [2.45, 2.75) is 283 Å². The largest absolute Gasteiger partial charge is 0.465 e. The van der Waals surface area contributed by atoms with Crippen LogP contribution < -0.4 is 0 Å². The van der Waals surface area contributed by atoms with Gasteiger partial charge in [0, 0.05) is 5.92 Å². The molecule has 0 amide bonds. The van der Waals surface area contributed by atoms with Gasteiger partial charge in [-0.05, 0) is 116 Å². The predicted molar refractivity (Wildman–Crippen MR) is 354 cm³/mol. The molecule has 42 heteroatoms. The van der Waals surface area contributed by atoms with Gasteiger partial charge in [-0.3, -0.25) is 41.5 Å². The van der Waals surface area contributed by atoms with Crippen LogP contribution in [0, 0.1) is 50.2 Å². The van der Waals surface area contributed by atoms with Crippen molar-refractivity contribution >= 4 is 84.5 Å². The number of unbranched alkanes of at least 4 members (excludes halogenated alkanes) is 15. The second-order valence-corrected chi connectivity index (χ2v) is 37.7. The number of ketones is 1. The molecule has 19 atom stereocenters. The normalized spacial score (nSPS) is 36.2. The number of allylic oxidation sites excluding steroid dienone is 2. The molecule has 35 nitrogen and oxygen atoms in total. The Morgan fingerprint density at radius 3 is 1.35 bits per heavy atom. The Hall–Kier alpha value is -2.19. The number of carbonyl (C=O) groups is 2. The molecule has 0 bridgehead atoms. The van der Waals surface area contributed by atoms with Crippen molar-refractivity contribution in [3.05, 3.63) is 11.6 Å². The number of rotatable bonds is 38. The summed E-state index contributed by atoms with van der Waals surface area (Å²) < 4.78 is 304. The van der Waals surface area contributed by atoms with Crippen LogP contribution in [0.15, 0.2) is 11.6 Å². The van der Waals surface area contributed by atoms with Crippen molar-refractivity contribution in [3.63, 3.8) is 0 Å². The van der Waals surface area contributed by atoms with E-state index in [0.717, 1.165) is 50.5 Å². The number of esters is 1. The second kappa shape index (κ2) is 33.6. The van der Waals surface area contributed by atoms with Crippen LogP contribution in [-0.2, 0) is 135 Å². The van der Waals surface area contributed by atoms with Crippen molar-refractivity contribution in [1.82, 2.24) is 0 Å². The van der Waals surface area contributed by atoms with E-state index in [-0.39, 0.29) is 35.9 Å². The van der Waals surface area contributed by atoms with Crippen molar-refractivity contribution in [2.24, 2.45) is 50.2 Å². The van der Waals surface area contributed by atoms with Crippen molar-refractivity contribution < 1.29 is 153 Å². The summed E-state index contributed by atoms with van der Waals surface area (Å²) in [6.07, 6.45) is -5.64. The maximum atomic E-state index is 15.5. The van der Waals surface area contributed by atoms with Gasteiger partial charge in [-0.1, -0.05) is 150 Å². The molecule has 7 N–H and O–H groups in total. The number of hydrogen-bond acceptors (Lipinski definition) is 28. The van der Waals surface area contributed by atoms with Gasteiger partial charge in [0.1, 0.15) is 36.6 Å². The van der Waals surface area contributed by atoms with Crippen LogP contribution in [0.4, 0.5) is 0 Å². The van der Waals surface area contributed by atoms with E-state index in [2.05, 4.69) is 48.6 Å². The summed E-state index contributed by atoms with van der Waals surface area (Å²) in [6, 6.07) is 0. The Labute approximate surface area is 599 Å². The van der Waals surface area contributed by atoms with E-state index in [4.69, 9.17) is 32.1 Å². The van der Waals surface area contributed by atoms with E-state index in [1.165, 1.54) is 77.0 Å². The van der Waals surface area contributed by atoms with E-state index in [0.29, 0.717) is 32.3 Å². The van der Waals surface area contributed by atoms with Gasteiger partial charge in [0.25, 0.3) is 0 Å². The van der Waals surface area contributed by atoms with E-state index in [9.17, 15) is 95.6 Å². The molecule has 594 valence electrons. The Morgan fingerprint density at radius 2 is 0.892 bits per heavy atom. The van der Waals surface area contributed by atoms with Gasteiger partial charge in [-0.25, -0.2) is 29.3 Å². The molecule has 7 aliphatic rings. The van der Waals surface area contributed by atoms with Crippen LogP contribution in [0.3, 0.4) is 0 Å². The Morgan fingerprint density at radius 1 is 0.480 bits per heavy atom. The zero-order valence-electron chi connectivity index (χ0n) is 58.4. The van der Waals surface area contributed by atoms with Gasteiger partial charge in [0.2, 0.25) is 0 Å². The lowest BCUT2D eigenvalue weighted by molar-refractivity contribution is -0.358. The topological polar surface area (TPSA) is 525 Å². The molecule has 5 aliphatic carbocycles. The first-order chi connectivity index (χ1) is 46.8. The average molecular weight is 1610 g/mol. The van der Waals surface area contributed by atoms with E-state index < -0.39 is 192 Å². The predicted octanol–water partition coefficient (Wildman–Crippen LogP) is 7.57. The Balaban J connectivity index is 1.13. The number of carbonyl (C=O) groups excluding carboxylic acids is 2. The maximum absolute atomic E-state index is 15.5. The van der Waals surface area contributed by atoms with Gasteiger partial charge in [0.15, 0.2) is 30.6 Å². The Kier molecular flexibility index (Phi) is 28.6. The first-order valence-corrected chi connectivity index (χ1v) is 43.9. The monoisotopic (exact) mass is 1610 g/mol. The molecule has 2 saturated heterocycles. The average Bonchev–Trinajstić information content (AvgIpc) is 0.672.